The van der Waals surface area contributed by atoms with Gasteiger partial charge in [0.1, 0.15) is 0 Å². The van der Waals surface area contributed by atoms with Crippen LogP contribution in [0, 0.1) is 34.5 Å². The molecular formula is C28H44O4. The first-order chi connectivity index (χ1) is 15.4. The summed E-state index contributed by atoms with van der Waals surface area (Å²) < 4.78 is 17.5. The van der Waals surface area contributed by atoms with E-state index in [1.165, 1.54) is 24.8 Å². The van der Waals surface area contributed by atoms with Gasteiger partial charge in [-0.15, -0.1) is 0 Å². The first-order valence-electron chi connectivity index (χ1n) is 13.3. The van der Waals surface area contributed by atoms with Crippen LogP contribution in [-0.4, -0.2) is 37.3 Å². The predicted octanol–water partition coefficient (Wildman–Crippen LogP) is 6.00. The van der Waals surface area contributed by atoms with Crippen molar-refractivity contribution in [2.45, 2.75) is 96.9 Å². The highest BCUT2D eigenvalue weighted by molar-refractivity contribution is 5.36. The zero-order chi connectivity index (χ0) is 22.6. The van der Waals surface area contributed by atoms with Gasteiger partial charge in [-0.3, -0.25) is 0 Å². The van der Waals surface area contributed by atoms with Crippen LogP contribution in [0.5, 0.6) is 0 Å². The van der Waals surface area contributed by atoms with Gasteiger partial charge < -0.3 is 19.3 Å². The van der Waals surface area contributed by atoms with Crippen molar-refractivity contribution in [2.75, 3.05) is 20.3 Å². The highest BCUT2D eigenvalue weighted by Crippen LogP contribution is 2.69. The molecule has 0 aromatic heterocycles. The van der Waals surface area contributed by atoms with Crippen molar-refractivity contribution in [3.8, 4) is 0 Å². The monoisotopic (exact) mass is 444 g/mol. The van der Waals surface area contributed by atoms with Gasteiger partial charge in [-0.2, -0.15) is 0 Å². The lowest BCUT2D eigenvalue weighted by Gasteiger charge is -2.58. The Balaban J connectivity index is 1.44. The molecule has 0 aromatic carbocycles. The number of hydrogen-bond donors (Lipinski definition) is 1. The zero-order valence-corrected chi connectivity index (χ0v) is 20.7. The third-order valence-electron chi connectivity index (χ3n) is 10.7. The van der Waals surface area contributed by atoms with Gasteiger partial charge in [0.15, 0.2) is 6.29 Å². The molecule has 0 aromatic rings. The van der Waals surface area contributed by atoms with Crippen molar-refractivity contribution in [3.05, 3.63) is 23.5 Å². The standard InChI is InChI=1S/C28H44O4/c1-5-31-25-12-15-28(29)20(7-6-16-32-25)18-24-22-9-8-19-17-21(30-4)10-13-26(19,2)23(22)11-14-27(24,28)3/h8,17,20,22-25,29H,5-7,9-16,18H2,1-4H3/t20-,22+,23-,24-,25?,26-,27-,28+/m0/s1. The molecule has 180 valence electrons. The number of aliphatic hydroxyl groups is 1. The SMILES string of the molecule is CCOC1CC[C@@]2(O)[C@@H](CCCO1)C[C@H]1[C@@H]3CC=C4C=C(OC)CC[C@]4(C)[C@H]3CC[C@@]12C. The Kier molecular flexibility index (Phi) is 6.04. The molecule has 1 aliphatic heterocycles. The van der Waals surface area contributed by atoms with Gasteiger partial charge in [-0.05, 0) is 104 Å². The van der Waals surface area contributed by atoms with E-state index < -0.39 is 5.60 Å². The quantitative estimate of drug-likeness (QED) is 0.580. The molecule has 1 unspecified atom stereocenters. The van der Waals surface area contributed by atoms with Crippen LogP contribution in [0.2, 0.25) is 0 Å². The van der Waals surface area contributed by atoms with Crippen LogP contribution >= 0.6 is 0 Å². The lowest BCUT2D eigenvalue weighted by Crippen LogP contribution is -2.55. The Bertz CT molecular complexity index is 773. The lowest BCUT2D eigenvalue weighted by atomic mass is 9.47. The van der Waals surface area contributed by atoms with E-state index in [0.29, 0.717) is 24.4 Å². The molecule has 5 rings (SSSR count). The van der Waals surface area contributed by atoms with E-state index >= 15 is 0 Å². The van der Waals surface area contributed by atoms with E-state index in [1.807, 2.05) is 14.0 Å². The molecule has 2 saturated carbocycles. The van der Waals surface area contributed by atoms with E-state index in [2.05, 4.69) is 26.0 Å². The highest BCUT2D eigenvalue weighted by atomic mass is 16.7. The van der Waals surface area contributed by atoms with Crippen LogP contribution in [0.3, 0.4) is 0 Å². The Morgan fingerprint density at radius 2 is 1.97 bits per heavy atom. The van der Waals surface area contributed by atoms with Gasteiger partial charge in [-0.1, -0.05) is 19.9 Å². The van der Waals surface area contributed by atoms with Crippen LogP contribution in [0.15, 0.2) is 23.5 Å². The number of hydrogen-bond acceptors (Lipinski definition) is 4. The molecule has 1 N–H and O–H groups in total. The minimum Gasteiger partial charge on any atom is -0.501 e. The van der Waals surface area contributed by atoms with E-state index in [9.17, 15) is 5.11 Å². The zero-order valence-electron chi connectivity index (χ0n) is 20.7. The van der Waals surface area contributed by atoms with Gasteiger partial charge in [0.05, 0.1) is 18.5 Å². The van der Waals surface area contributed by atoms with Crippen LogP contribution in [-0.2, 0) is 14.2 Å². The van der Waals surface area contributed by atoms with E-state index in [-0.39, 0.29) is 17.1 Å². The summed E-state index contributed by atoms with van der Waals surface area (Å²) in [4.78, 5) is 0. The second-order valence-electron chi connectivity index (χ2n) is 11.8. The Labute approximate surface area is 194 Å². The fraction of sp³-hybridized carbons (Fsp3) is 0.857. The van der Waals surface area contributed by atoms with Crippen molar-refractivity contribution in [1.82, 2.24) is 0 Å². The smallest absolute Gasteiger partial charge is 0.157 e. The molecule has 4 heteroatoms. The fourth-order valence-corrected chi connectivity index (χ4v) is 8.85. The summed E-state index contributed by atoms with van der Waals surface area (Å²) in [6, 6.07) is 0. The van der Waals surface area contributed by atoms with Gasteiger partial charge in [-0.25, -0.2) is 0 Å². The minimum absolute atomic E-state index is 0.00381. The van der Waals surface area contributed by atoms with Gasteiger partial charge in [0.2, 0.25) is 0 Å². The van der Waals surface area contributed by atoms with Crippen molar-refractivity contribution in [3.63, 3.8) is 0 Å². The minimum atomic E-state index is -0.591. The summed E-state index contributed by atoms with van der Waals surface area (Å²) in [5.74, 6) is 3.57. The van der Waals surface area contributed by atoms with Crippen LogP contribution in [0.1, 0.15) is 85.0 Å². The molecule has 8 atom stereocenters. The van der Waals surface area contributed by atoms with Crippen LogP contribution in [0.4, 0.5) is 0 Å². The fourth-order valence-electron chi connectivity index (χ4n) is 8.85. The number of allylic oxidation sites excluding steroid dienone is 4. The maximum Gasteiger partial charge on any atom is 0.157 e. The molecule has 0 amide bonds. The van der Waals surface area contributed by atoms with Crippen molar-refractivity contribution in [2.24, 2.45) is 34.5 Å². The number of fused-ring (bicyclic) bond motifs is 7. The molecule has 0 spiro atoms. The molecule has 0 radical (unpaired) electrons. The van der Waals surface area contributed by atoms with Gasteiger partial charge >= 0.3 is 0 Å². The van der Waals surface area contributed by atoms with E-state index in [1.54, 1.807) is 0 Å². The molecule has 1 heterocycles. The average Bonchev–Trinajstić information content (AvgIpc) is 3.05. The Morgan fingerprint density at radius 3 is 2.75 bits per heavy atom. The molecule has 1 saturated heterocycles. The maximum absolute atomic E-state index is 12.4. The summed E-state index contributed by atoms with van der Waals surface area (Å²) in [7, 11) is 1.81. The second kappa shape index (κ2) is 8.43. The average molecular weight is 445 g/mol. The second-order valence-corrected chi connectivity index (χ2v) is 11.8. The lowest BCUT2D eigenvalue weighted by molar-refractivity contribution is -0.167. The third kappa shape index (κ3) is 3.34. The molecule has 0 bridgehead atoms. The third-order valence-corrected chi connectivity index (χ3v) is 10.7. The Hall–Kier alpha value is -0.840. The number of methoxy groups -OCH3 is 1. The van der Waals surface area contributed by atoms with Crippen molar-refractivity contribution < 1.29 is 19.3 Å². The van der Waals surface area contributed by atoms with E-state index in [0.717, 1.165) is 63.2 Å². The number of rotatable bonds is 3. The summed E-state index contributed by atoms with van der Waals surface area (Å²) in [5.41, 5.74) is 1.19. The highest BCUT2D eigenvalue weighted by Gasteiger charge is 2.66. The van der Waals surface area contributed by atoms with Crippen molar-refractivity contribution in [1.29, 1.82) is 0 Å². The molecular weight excluding hydrogens is 400 g/mol. The molecule has 3 fully saturated rings. The summed E-state index contributed by atoms with van der Waals surface area (Å²) in [6.07, 6.45) is 15.4. The first-order valence-corrected chi connectivity index (χ1v) is 13.3. The van der Waals surface area contributed by atoms with Crippen molar-refractivity contribution >= 4 is 0 Å². The summed E-state index contributed by atoms with van der Waals surface area (Å²) in [5, 5.41) is 12.4. The molecule has 32 heavy (non-hydrogen) atoms. The topological polar surface area (TPSA) is 47.9 Å². The van der Waals surface area contributed by atoms with E-state index in [4.69, 9.17) is 14.2 Å². The maximum atomic E-state index is 12.4. The van der Waals surface area contributed by atoms with Crippen LogP contribution in [0.25, 0.3) is 0 Å². The predicted molar refractivity (Wildman–Crippen MR) is 126 cm³/mol. The normalized spacial score (nSPS) is 48.6. The number of ether oxygens (including phenoxy) is 3. The molecule has 5 aliphatic rings. The van der Waals surface area contributed by atoms with Crippen LogP contribution < -0.4 is 0 Å². The molecule has 4 aliphatic carbocycles. The molecule has 4 nitrogen and oxygen atoms in total. The van der Waals surface area contributed by atoms with Gasteiger partial charge in [0.25, 0.3) is 0 Å². The first kappa shape index (κ1) is 22.9. The summed E-state index contributed by atoms with van der Waals surface area (Å²) >= 11 is 0. The Morgan fingerprint density at radius 1 is 1.12 bits per heavy atom. The largest absolute Gasteiger partial charge is 0.501 e. The summed E-state index contributed by atoms with van der Waals surface area (Å²) in [6.45, 7) is 8.41. The van der Waals surface area contributed by atoms with Gasteiger partial charge in [0, 0.05) is 26.1 Å².